The van der Waals surface area contributed by atoms with Crippen molar-refractivity contribution >= 4 is 11.8 Å². The number of ether oxygens (including phenoxy) is 2. The first-order valence-electron chi connectivity index (χ1n) is 5.01. The van der Waals surface area contributed by atoms with Gasteiger partial charge in [-0.05, 0) is 12.5 Å². The molecule has 0 saturated carbocycles. The Bertz CT molecular complexity index is 289. The van der Waals surface area contributed by atoms with E-state index in [4.69, 9.17) is 0 Å². The van der Waals surface area contributed by atoms with Gasteiger partial charge in [0.1, 0.15) is 0 Å². The van der Waals surface area contributed by atoms with E-state index in [-0.39, 0.29) is 12.2 Å². The second-order valence-corrected chi connectivity index (χ2v) is 2.89. The van der Waals surface area contributed by atoms with Crippen molar-refractivity contribution in [3.63, 3.8) is 0 Å². The normalized spacial score (nSPS) is 10.6. The average Bonchev–Trinajstić information content (AvgIpc) is 2.25. The molecule has 0 amide bonds. The maximum Gasteiger partial charge on any atom is 0.314 e. The standard InChI is InChI=1S/C12H16O4/c1-3-6-11(13)8-10-16-12(14)7-5-9-15-4-2/h4-5,8-10H,2-3,6-7H2,1H3. The highest BCUT2D eigenvalue weighted by Gasteiger charge is 1.97. The predicted molar refractivity (Wildman–Crippen MR) is 60.2 cm³/mol. The SMILES string of the molecule is C=COC=CCC(=O)OC=CC(=O)CCC. The summed E-state index contributed by atoms with van der Waals surface area (Å²) in [6.45, 7) is 5.23. The van der Waals surface area contributed by atoms with Crippen LogP contribution >= 0.6 is 0 Å². The van der Waals surface area contributed by atoms with Crippen molar-refractivity contribution < 1.29 is 19.1 Å². The number of ketones is 1. The van der Waals surface area contributed by atoms with Gasteiger partial charge in [0.05, 0.1) is 25.2 Å². The lowest BCUT2D eigenvalue weighted by molar-refractivity contribution is -0.137. The van der Waals surface area contributed by atoms with E-state index in [0.29, 0.717) is 6.42 Å². The van der Waals surface area contributed by atoms with Crippen LogP contribution in [0.2, 0.25) is 0 Å². The van der Waals surface area contributed by atoms with Crippen LogP contribution in [0.15, 0.2) is 37.5 Å². The van der Waals surface area contributed by atoms with Gasteiger partial charge in [0.2, 0.25) is 0 Å². The van der Waals surface area contributed by atoms with Gasteiger partial charge in [0, 0.05) is 12.5 Å². The lowest BCUT2D eigenvalue weighted by Gasteiger charge is -1.94. The van der Waals surface area contributed by atoms with Crippen LogP contribution in [0.3, 0.4) is 0 Å². The van der Waals surface area contributed by atoms with E-state index in [9.17, 15) is 9.59 Å². The van der Waals surface area contributed by atoms with Gasteiger partial charge in [0.25, 0.3) is 0 Å². The molecule has 0 unspecified atom stereocenters. The second kappa shape index (κ2) is 9.71. The van der Waals surface area contributed by atoms with Crippen molar-refractivity contribution in [2.24, 2.45) is 0 Å². The predicted octanol–water partition coefficient (Wildman–Crippen LogP) is 2.48. The van der Waals surface area contributed by atoms with Gasteiger partial charge in [0.15, 0.2) is 5.78 Å². The Kier molecular flexibility index (Phi) is 8.59. The molecule has 0 bridgehead atoms. The summed E-state index contributed by atoms with van der Waals surface area (Å²) >= 11 is 0. The van der Waals surface area contributed by atoms with Crippen LogP contribution in [0.5, 0.6) is 0 Å². The molecule has 0 aliphatic rings. The maximum absolute atomic E-state index is 11.0. The molecule has 0 aromatic rings. The number of allylic oxidation sites excluding steroid dienone is 1. The van der Waals surface area contributed by atoms with Crippen LogP contribution in [0.1, 0.15) is 26.2 Å². The molecule has 0 aromatic heterocycles. The van der Waals surface area contributed by atoms with E-state index in [0.717, 1.165) is 12.7 Å². The number of hydrogen-bond donors (Lipinski definition) is 0. The Labute approximate surface area is 95.2 Å². The van der Waals surface area contributed by atoms with Crippen LogP contribution in [0.25, 0.3) is 0 Å². The van der Waals surface area contributed by atoms with Gasteiger partial charge >= 0.3 is 5.97 Å². The molecule has 4 nitrogen and oxygen atoms in total. The van der Waals surface area contributed by atoms with E-state index >= 15 is 0 Å². The fourth-order valence-corrected chi connectivity index (χ4v) is 0.819. The van der Waals surface area contributed by atoms with Crippen molar-refractivity contribution in [3.05, 3.63) is 37.5 Å². The van der Waals surface area contributed by atoms with Gasteiger partial charge in [-0.25, -0.2) is 0 Å². The lowest BCUT2D eigenvalue weighted by Crippen LogP contribution is -1.98. The van der Waals surface area contributed by atoms with Crippen molar-refractivity contribution in [3.8, 4) is 0 Å². The average molecular weight is 224 g/mol. The van der Waals surface area contributed by atoms with Crippen molar-refractivity contribution in [2.45, 2.75) is 26.2 Å². The summed E-state index contributed by atoms with van der Waals surface area (Å²) < 4.78 is 9.33. The summed E-state index contributed by atoms with van der Waals surface area (Å²) in [5, 5.41) is 0. The molecule has 16 heavy (non-hydrogen) atoms. The van der Waals surface area contributed by atoms with Crippen molar-refractivity contribution in [2.75, 3.05) is 0 Å². The molecule has 0 aliphatic carbocycles. The zero-order valence-corrected chi connectivity index (χ0v) is 9.35. The Morgan fingerprint density at radius 3 is 2.69 bits per heavy atom. The highest BCUT2D eigenvalue weighted by Crippen LogP contribution is 1.94. The number of hydrogen-bond acceptors (Lipinski definition) is 4. The van der Waals surface area contributed by atoms with Gasteiger partial charge in [-0.1, -0.05) is 13.5 Å². The van der Waals surface area contributed by atoms with E-state index in [1.807, 2.05) is 6.92 Å². The van der Waals surface area contributed by atoms with Crippen molar-refractivity contribution in [1.82, 2.24) is 0 Å². The van der Waals surface area contributed by atoms with Crippen LogP contribution in [-0.4, -0.2) is 11.8 Å². The first-order valence-corrected chi connectivity index (χ1v) is 5.01. The quantitative estimate of drug-likeness (QED) is 0.361. The maximum atomic E-state index is 11.0. The van der Waals surface area contributed by atoms with Crippen LogP contribution in [0, 0.1) is 0 Å². The lowest BCUT2D eigenvalue weighted by atomic mass is 10.2. The summed E-state index contributed by atoms with van der Waals surface area (Å²) in [4.78, 5) is 22.0. The molecular weight excluding hydrogens is 208 g/mol. The number of carbonyl (C=O) groups excluding carboxylic acids is 2. The smallest absolute Gasteiger partial charge is 0.314 e. The van der Waals surface area contributed by atoms with E-state index in [1.54, 1.807) is 0 Å². The van der Waals surface area contributed by atoms with Crippen LogP contribution in [-0.2, 0) is 19.1 Å². The minimum absolute atomic E-state index is 0.0548. The zero-order valence-electron chi connectivity index (χ0n) is 9.35. The van der Waals surface area contributed by atoms with Crippen LogP contribution < -0.4 is 0 Å². The molecule has 0 aromatic carbocycles. The monoisotopic (exact) mass is 224 g/mol. The third-order valence-corrected chi connectivity index (χ3v) is 1.51. The zero-order chi connectivity index (χ0) is 12.2. The van der Waals surface area contributed by atoms with Gasteiger partial charge in [-0.15, -0.1) is 0 Å². The highest BCUT2D eigenvalue weighted by molar-refractivity contribution is 5.89. The minimum atomic E-state index is -0.454. The topological polar surface area (TPSA) is 52.6 Å². The molecule has 0 atom stereocenters. The fourth-order valence-electron chi connectivity index (χ4n) is 0.819. The molecule has 88 valence electrons. The highest BCUT2D eigenvalue weighted by atomic mass is 16.5. The van der Waals surface area contributed by atoms with Gasteiger partial charge < -0.3 is 9.47 Å². The number of rotatable bonds is 8. The Morgan fingerprint density at radius 2 is 2.06 bits per heavy atom. The Morgan fingerprint density at radius 1 is 1.31 bits per heavy atom. The number of esters is 1. The Hall–Kier alpha value is -1.84. The first-order chi connectivity index (χ1) is 7.70. The molecule has 0 aliphatic heterocycles. The summed E-state index contributed by atoms with van der Waals surface area (Å²) in [7, 11) is 0. The number of carbonyl (C=O) groups is 2. The fraction of sp³-hybridized carbons (Fsp3) is 0.333. The largest absolute Gasteiger partial charge is 0.474 e. The first kappa shape index (κ1) is 14.2. The van der Waals surface area contributed by atoms with E-state index < -0.39 is 5.97 Å². The molecule has 0 heterocycles. The van der Waals surface area contributed by atoms with E-state index in [1.165, 1.54) is 24.7 Å². The van der Waals surface area contributed by atoms with Crippen molar-refractivity contribution in [1.29, 1.82) is 0 Å². The summed E-state index contributed by atoms with van der Waals surface area (Å²) in [6.07, 6.45) is 7.75. The summed E-state index contributed by atoms with van der Waals surface area (Å²) in [5.74, 6) is -0.509. The molecule has 0 radical (unpaired) electrons. The molecule has 0 saturated heterocycles. The molecule has 0 rings (SSSR count). The third-order valence-electron chi connectivity index (χ3n) is 1.51. The van der Waals surface area contributed by atoms with Crippen LogP contribution in [0.4, 0.5) is 0 Å². The molecule has 0 spiro atoms. The van der Waals surface area contributed by atoms with Gasteiger partial charge in [-0.2, -0.15) is 0 Å². The minimum Gasteiger partial charge on any atom is -0.474 e. The summed E-state index contributed by atoms with van der Waals surface area (Å²) in [5.41, 5.74) is 0. The Balaban J connectivity index is 3.72. The second-order valence-electron chi connectivity index (χ2n) is 2.89. The third kappa shape index (κ3) is 8.74. The van der Waals surface area contributed by atoms with E-state index in [2.05, 4.69) is 16.1 Å². The molecule has 0 fully saturated rings. The van der Waals surface area contributed by atoms with Gasteiger partial charge in [-0.3, -0.25) is 9.59 Å². The molecule has 0 N–H and O–H groups in total. The molecular formula is C12H16O4. The summed E-state index contributed by atoms with van der Waals surface area (Å²) in [6, 6.07) is 0. The molecule has 4 heteroatoms.